The zero-order valence-corrected chi connectivity index (χ0v) is 18.1. The van der Waals surface area contributed by atoms with Gasteiger partial charge in [-0.25, -0.2) is 0 Å². The minimum absolute atomic E-state index is 0.0807. The number of Topliss-reactive ketones (excluding diaryl/α,β-unsaturated/α-hetero) is 2. The average Bonchev–Trinajstić information content (AvgIpc) is 3.30. The van der Waals surface area contributed by atoms with Crippen molar-refractivity contribution in [2.75, 3.05) is 31.1 Å². The van der Waals surface area contributed by atoms with Crippen LogP contribution in [0.25, 0.3) is 5.57 Å². The number of piperazine rings is 1. The number of rotatable bonds is 5. The highest BCUT2D eigenvalue weighted by atomic mass is 16.1. The zero-order valence-electron chi connectivity index (χ0n) is 18.1. The van der Waals surface area contributed by atoms with E-state index >= 15 is 0 Å². The van der Waals surface area contributed by atoms with Crippen LogP contribution in [0, 0.1) is 0 Å². The highest BCUT2D eigenvalue weighted by molar-refractivity contribution is 6.07. The number of carbonyl (C=O) groups excluding carboxylic acids is 2. The summed E-state index contributed by atoms with van der Waals surface area (Å²) >= 11 is 0. The van der Waals surface area contributed by atoms with Crippen LogP contribution < -0.4 is 4.90 Å². The van der Waals surface area contributed by atoms with Crippen molar-refractivity contribution < 1.29 is 9.59 Å². The molecule has 31 heavy (non-hydrogen) atoms. The van der Waals surface area contributed by atoms with Gasteiger partial charge in [-0.2, -0.15) is 0 Å². The fourth-order valence-corrected chi connectivity index (χ4v) is 4.99. The number of carbonyl (C=O) groups is 2. The summed E-state index contributed by atoms with van der Waals surface area (Å²) in [6.07, 6.45) is 7.80. The Morgan fingerprint density at radius 3 is 2.58 bits per heavy atom. The summed E-state index contributed by atoms with van der Waals surface area (Å²) in [5.74, 6) is 0.380. The minimum atomic E-state index is 0.0807. The largest absolute Gasteiger partial charge is 0.368 e. The molecule has 0 aromatic carbocycles. The van der Waals surface area contributed by atoms with Crippen LogP contribution in [-0.2, 0) is 17.8 Å². The van der Waals surface area contributed by atoms with Crippen molar-refractivity contribution in [2.24, 2.45) is 0 Å². The highest BCUT2D eigenvalue weighted by Gasteiger charge is 2.29. The lowest BCUT2D eigenvalue weighted by Crippen LogP contribution is -2.46. The average molecular weight is 417 g/mol. The summed E-state index contributed by atoms with van der Waals surface area (Å²) in [5, 5.41) is 0. The summed E-state index contributed by atoms with van der Waals surface area (Å²) in [6, 6.07) is 6.03. The van der Waals surface area contributed by atoms with Crippen LogP contribution in [0.2, 0.25) is 0 Å². The molecule has 3 heterocycles. The fraction of sp³-hybridized carbons (Fsp3) is 0.440. The fourth-order valence-electron chi connectivity index (χ4n) is 4.99. The molecule has 2 aliphatic carbocycles. The third kappa shape index (κ3) is 3.92. The Labute approximate surface area is 183 Å². The molecule has 0 amide bonds. The van der Waals surface area contributed by atoms with E-state index in [9.17, 15) is 9.59 Å². The lowest BCUT2D eigenvalue weighted by molar-refractivity contribution is -0.115. The van der Waals surface area contributed by atoms with E-state index < -0.39 is 0 Å². The summed E-state index contributed by atoms with van der Waals surface area (Å²) < 4.78 is 0. The summed E-state index contributed by atoms with van der Waals surface area (Å²) in [7, 11) is 0. The predicted octanol–water partition coefficient (Wildman–Crippen LogP) is 3.45. The second-order valence-electron chi connectivity index (χ2n) is 8.70. The Hall–Kier alpha value is -2.86. The Kier molecular flexibility index (Phi) is 5.40. The Morgan fingerprint density at radius 2 is 1.84 bits per heavy atom. The number of allylic oxidation sites excluding steroid dienone is 2. The van der Waals surface area contributed by atoms with Crippen molar-refractivity contribution in [1.82, 2.24) is 14.9 Å². The summed E-state index contributed by atoms with van der Waals surface area (Å²) in [5.41, 5.74) is 7.21. The maximum absolute atomic E-state index is 12.5. The van der Waals surface area contributed by atoms with Crippen LogP contribution in [-0.4, -0.2) is 52.6 Å². The van der Waals surface area contributed by atoms with Crippen LogP contribution in [0.1, 0.15) is 59.9 Å². The summed E-state index contributed by atoms with van der Waals surface area (Å²) in [6.45, 7) is 6.49. The molecule has 0 atom stereocenters. The van der Waals surface area contributed by atoms with Gasteiger partial charge >= 0.3 is 0 Å². The van der Waals surface area contributed by atoms with Crippen LogP contribution >= 0.6 is 0 Å². The third-order valence-corrected chi connectivity index (χ3v) is 6.71. The van der Waals surface area contributed by atoms with Gasteiger partial charge < -0.3 is 4.90 Å². The quantitative estimate of drug-likeness (QED) is 0.696. The van der Waals surface area contributed by atoms with Gasteiger partial charge in [0.1, 0.15) is 5.69 Å². The van der Waals surface area contributed by atoms with Crippen molar-refractivity contribution in [3.8, 4) is 0 Å². The molecular weight excluding hydrogens is 388 g/mol. The molecular formula is C25H28N4O2. The van der Waals surface area contributed by atoms with Gasteiger partial charge in [-0.3, -0.25) is 24.5 Å². The van der Waals surface area contributed by atoms with Gasteiger partial charge in [-0.1, -0.05) is 13.0 Å². The first-order valence-electron chi connectivity index (χ1n) is 11.3. The molecule has 0 bridgehead atoms. The maximum atomic E-state index is 12.5. The van der Waals surface area contributed by atoms with E-state index in [2.05, 4.69) is 20.9 Å². The smallest absolute Gasteiger partial charge is 0.180 e. The lowest BCUT2D eigenvalue weighted by atomic mass is 9.89. The maximum Gasteiger partial charge on any atom is 0.180 e. The first-order chi connectivity index (χ1) is 15.1. The molecule has 0 spiro atoms. The highest BCUT2D eigenvalue weighted by Crippen LogP contribution is 2.39. The monoisotopic (exact) mass is 416 g/mol. The van der Waals surface area contributed by atoms with Crippen molar-refractivity contribution >= 4 is 22.8 Å². The van der Waals surface area contributed by atoms with Crippen molar-refractivity contribution in [2.45, 2.75) is 45.6 Å². The second kappa shape index (κ2) is 8.35. The molecule has 1 fully saturated rings. The molecule has 2 aromatic rings. The number of aromatic nitrogens is 2. The van der Waals surface area contributed by atoms with Gasteiger partial charge in [-0.15, -0.1) is 0 Å². The van der Waals surface area contributed by atoms with Gasteiger partial charge in [-0.05, 0) is 48.1 Å². The van der Waals surface area contributed by atoms with E-state index in [1.54, 1.807) is 0 Å². The third-order valence-electron chi connectivity index (χ3n) is 6.71. The van der Waals surface area contributed by atoms with Crippen LogP contribution in [0.3, 0.4) is 0 Å². The van der Waals surface area contributed by atoms with E-state index in [1.165, 1.54) is 11.1 Å². The van der Waals surface area contributed by atoms with Gasteiger partial charge in [0.15, 0.2) is 11.6 Å². The Morgan fingerprint density at radius 1 is 1.03 bits per heavy atom. The topological polar surface area (TPSA) is 66.4 Å². The predicted molar refractivity (Wildman–Crippen MR) is 120 cm³/mol. The summed E-state index contributed by atoms with van der Waals surface area (Å²) in [4.78, 5) is 38.1. The van der Waals surface area contributed by atoms with E-state index in [0.29, 0.717) is 24.3 Å². The van der Waals surface area contributed by atoms with Crippen LogP contribution in [0.4, 0.5) is 5.69 Å². The van der Waals surface area contributed by atoms with E-state index in [4.69, 9.17) is 4.98 Å². The molecule has 1 saturated heterocycles. The molecule has 5 rings (SSSR count). The van der Waals surface area contributed by atoms with E-state index in [1.807, 2.05) is 31.5 Å². The van der Waals surface area contributed by atoms with Gasteiger partial charge in [0.2, 0.25) is 0 Å². The Balaban J connectivity index is 1.21. The number of anilines is 1. The normalized spacial score (nSPS) is 18.9. The van der Waals surface area contributed by atoms with Crippen molar-refractivity contribution in [3.63, 3.8) is 0 Å². The first-order valence-corrected chi connectivity index (χ1v) is 11.3. The number of nitrogens with zero attached hydrogens (tertiary/aromatic N) is 4. The lowest BCUT2D eigenvalue weighted by Gasteiger charge is -2.36. The number of pyridine rings is 2. The number of fused-ring (bicyclic) bond motifs is 2. The van der Waals surface area contributed by atoms with Gasteiger partial charge in [0.05, 0.1) is 17.6 Å². The number of hydrogen-bond donors (Lipinski definition) is 0. The first kappa shape index (κ1) is 20.1. The molecule has 0 saturated carbocycles. The standard InChI is InChI=1S/C25H28N4O2/c1-2-23(30)22-7-6-19(15-26-22)29-10-8-28(9-11-29)16-17-12-18-13-24(31)20-4-3-5-21(20)25(18)27-14-17/h6-7,12,14-15H,2-5,8-11,13,16H2,1H3. The molecule has 6 heteroatoms. The SMILES string of the molecule is CCC(=O)c1ccc(N2CCN(Cc3cnc4c(c3)CC(=O)C3=C4CCC3)CC2)cn1. The van der Waals surface area contributed by atoms with Crippen molar-refractivity contribution in [1.29, 1.82) is 0 Å². The zero-order chi connectivity index (χ0) is 21.4. The molecule has 2 aromatic heterocycles. The second-order valence-corrected chi connectivity index (χ2v) is 8.70. The Bertz CT molecular complexity index is 1050. The number of ketones is 2. The van der Waals surface area contributed by atoms with E-state index in [0.717, 1.165) is 74.5 Å². The molecule has 6 nitrogen and oxygen atoms in total. The number of hydrogen-bond acceptors (Lipinski definition) is 6. The molecule has 0 N–H and O–H groups in total. The molecule has 0 radical (unpaired) electrons. The minimum Gasteiger partial charge on any atom is -0.368 e. The molecule has 0 unspecified atom stereocenters. The molecule has 3 aliphatic rings. The molecule has 1 aliphatic heterocycles. The van der Waals surface area contributed by atoms with Crippen LogP contribution in [0.15, 0.2) is 36.2 Å². The molecule has 160 valence electrons. The van der Waals surface area contributed by atoms with Gasteiger partial charge in [0.25, 0.3) is 0 Å². The van der Waals surface area contributed by atoms with Crippen molar-refractivity contribution in [3.05, 3.63) is 58.7 Å². The van der Waals surface area contributed by atoms with Gasteiger partial charge in [0, 0.05) is 57.3 Å². The van der Waals surface area contributed by atoms with E-state index in [-0.39, 0.29) is 5.78 Å². The van der Waals surface area contributed by atoms with Crippen LogP contribution in [0.5, 0.6) is 0 Å².